The van der Waals surface area contributed by atoms with Crippen molar-refractivity contribution in [3.63, 3.8) is 0 Å². The number of Topliss-reactive ketones (excluding diaryl/α,β-unsaturated/α-hetero) is 2. The number of piperidine rings is 2. The summed E-state index contributed by atoms with van der Waals surface area (Å²) in [6.45, 7) is 17.7. The van der Waals surface area contributed by atoms with E-state index in [0.717, 1.165) is 12.8 Å². The molecule has 4 fully saturated rings. The molecule has 0 spiro atoms. The van der Waals surface area contributed by atoms with Gasteiger partial charge in [0, 0.05) is 23.2 Å². The van der Waals surface area contributed by atoms with Gasteiger partial charge in [-0.25, -0.2) is 0 Å². The zero-order valence-electron chi connectivity index (χ0n) is 24.0. The average molecular weight is 488 g/mol. The van der Waals surface area contributed by atoms with E-state index in [-0.39, 0.29) is 34.7 Å². The number of hydrogen-bond donors (Lipinski definition) is 1. The van der Waals surface area contributed by atoms with Crippen LogP contribution < -0.4 is 5.32 Å². The molecule has 4 aliphatic rings. The molecular weight excluding hydrogens is 434 g/mol. The van der Waals surface area contributed by atoms with Crippen LogP contribution in [0.5, 0.6) is 0 Å². The summed E-state index contributed by atoms with van der Waals surface area (Å²) in [7, 11) is 0. The lowest BCUT2D eigenvalue weighted by Gasteiger charge is -2.60. The summed E-state index contributed by atoms with van der Waals surface area (Å²) in [5.41, 5.74) is -1.24. The summed E-state index contributed by atoms with van der Waals surface area (Å²) in [4.78, 5) is 33.0. The Bertz CT molecular complexity index is 736. The van der Waals surface area contributed by atoms with Crippen molar-refractivity contribution >= 4 is 11.6 Å². The van der Waals surface area contributed by atoms with Gasteiger partial charge in [-0.05, 0) is 93.9 Å². The molecule has 2 atom stereocenters. The molecule has 200 valence electrons. The molecule has 1 N–H and O–H groups in total. The van der Waals surface area contributed by atoms with Crippen LogP contribution in [0.25, 0.3) is 0 Å². The molecule has 2 heterocycles. The Kier molecular flexibility index (Phi) is 7.41. The molecule has 5 nitrogen and oxygen atoms in total. The van der Waals surface area contributed by atoms with Gasteiger partial charge in [-0.1, -0.05) is 38.5 Å². The van der Waals surface area contributed by atoms with E-state index in [0.29, 0.717) is 12.1 Å². The molecule has 0 aromatic rings. The Morgan fingerprint density at radius 2 is 0.886 bits per heavy atom. The van der Waals surface area contributed by atoms with Gasteiger partial charge in [-0.2, -0.15) is 0 Å². The second kappa shape index (κ2) is 9.51. The molecule has 2 aliphatic carbocycles. The highest BCUT2D eigenvalue weighted by molar-refractivity contribution is 5.96. The fraction of sp³-hybridized carbons (Fsp3) is 0.933. The summed E-state index contributed by atoms with van der Waals surface area (Å²) in [5.74, 6) is 0.529. The van der Waals surface area contributed by atoms with E-state index in [9.17, 15) is 9.59 Å². The third kappa shape index (κ3) is 4.91. The molecule has 2 saturated heterocycles. The molecule has 0 aromatic carbocycles. The number of rotatable bonds is 4. The number of carbonyl (C=O) groups excluding carboxylic acids is 2. The first-order valence-electron chi connectivity index (χ1n) is 14.6. The SMILES string of the molecule is CC1(C)CC(NC2CC(C)(C)N(C3CCCCC3)C(C)(C)C2=O)C(=O)C(C)(C)N1C1CCCCC1. The molecule has 0 amide bonds. The van der Waals surface area contributed by atoms with E-state index in [1.54, 1.807) is 0 Å². The molecule has 2 unspecified atom stereocenters. The van der Waals surface area contributed by atoms with E-state index in [1.807, 2.05) is 0 Å². The standard InChI is InChI=1S/C30H53N3O2/c1-27(2)19-23(25(34)29(5,6)32(27)21-15-11-9-12-16-21)31-24-20-28(3,4)33(30(7,8)26(24)35)22-17-13-10-14-18-22/h21-24,31H,9-20H2,1-8H3. The highest BCUT2D eigenvalue weighted by atomic mass is 16.1. The van der Waals surface area contributed by atoms with Crippen molar-refractivity contribution in [2.75, 3.05) is 0 Å². The van der Waals surface area contributed by atoms with Crippen LogP contribution in [0.4, 0.5) is 0 Å². The third-order valence-corrected chi connectivity index (χ3v) is 10.0. The van der Waals surface area contributed by atoms with Gasteiger partial charge in [-0.15, -0.1) is 0 Å². The average Bonchev–Trinajstić information content (AvgIpc) is 2.76. The summed E-state index contributed by atoms with van der Waals surface area (Å²) in [6.07, 6.45) is 14.0. The Labute approximate surface area is 215 Å². The number of nitrogens with zero attached hydrogens (tertiary/aromatic N) is 2. The topological polar surface area (TPSA) is 52.7 Å². The predicted molar refractivity (Wildman–Crippen MR) is 144 cm³/mol. The smallest absolute Gasteiger partial charge is 0.169 e. The number of carbonyl (C=O) groups is 2. The van der Waals surface area contributed by atoms with E-state index in [4.69, 9.17) is 0 Å². The molecular formula is C30H53N3O2. The normalized spacial score (nSPS) is 34.7. The van der Waals surface area contributed by atoms with E-state index in [1.165, 1.54) is 64.2 Å². The van der Waals surface area contributed by atoms with Crippen LogP contribution in [0.15, 0.2) is 0 Å². The van der Waals surface area contributed by atoms with E-state index >= 15 is 0 Å². The Balaban J connectivity index is 1.55. The predicted octanol–water partition coefficient (Wildman–Crippen LogP) is 5.64. The number of ketones is 2. The van der Waals surface area contributed by atoms with Crippen molar-refractivity contribution in [2.45, 2.75) is 179 Å². The molecule has 4 rings (SSSR count). The Hall–Kier alpha value is -0.780. The van der Waals surface area contributed by atoms with Gasteiger partial charge < -0.3 is 0 Å². The van der Waals surface area contributed by atoms with Crippen molar-refractivity contribution in [1.29, 1.82) is 0 Å². The molecule has 2 aliphatic heterocycles. The van der Waals surface area contributed by atoms with Gasteiger partial charge in [0.2, 0.25) is 0 Å². The Morgan fingerprint density at radius 3 is 1.20 bits per heavy atom. The van der Waals surface area contributed by atoms with Gasteiger partial charge in [0.25, 0.3) is 0 Å². The van der Waals surface area contributed by atoms with Gasteiger partial charge in [0.1, 0.15) is 0 Å². The van der Waals surface area contributed by atoms with Gasteiger partial charge in [-0.3, -0.25) is 24.7 Å². The third-order valence-electron chi connectivity index (χ3n) is 10.0. The molecule has 2 saturated carbocycles. The molecule has 35 heavy (non-hydrogen) atoms. The second-order valence-electron chi connectivity index (χ2n) is 14.5. The van der Waals surface area contributed by atoms with Crippen molar-refractivity contribution in [3.05, 3.63) is 0 Å². The fourth-order valence-corrected chi connectivity index (χ4v) is 9.08. The van der Waals surface area contributed by atoms with Crippen molar-refractivity contribution < 1.29 is 9.59 Å². The maximum absolute atomic E-state index is 14.0. The first kappa shape index (κ1) is 27.3. The number of likely N-dealkylation sites (tertiary alicyclic amines) is 2. The minimum Gasteiger partial charge on any atom is -0.298 e. The first-order chi connectivity index (χ1) is 16.2. The maximum atomic E-state index is 14.0. The molecule has 5 heteroatoms. The maximum Gasteiger partial charge on any atom is 0.169 e. The lowest BCUT2D eigenvalue weighted by atomic mass is 9.71. The van der Waals surface area contributed by atoms with Crippen LogP contribution in [-0.4, -0.2) is 67.7 Å². The van der Waals surface area contributed by atoms with Gasteiger partial charge in [0.15, 0.2) is 11.6 Å². The van der Waals surface area contributed by atoms with Crippen LogP contribution in [0.2, 0.25) is 0 Å². The minimum atomic E-state index is -0.529. The first-order valence-corrected chi connectivity index (χ1v) is 14.6. The van der Waals surface area contributed by atoms with E-state index in [2.05, 4.69) is 70.5 Å². The van der Waals surface area contributed by atoms with Crippen LogP contribution in [0.1, 0.15) is 132 Å². The summed E-state index contributed by atoms with van der Waals surface area (Å²) >= 11 is 0. The second-order valence-corrected chi connectivity index (χ2v) is 14.5. The lowest BCUT2D eigenvalue weighted by molar-refractivity contribution is -0.156. The van der Waals surface area contributed by atoms with Crippen LogP contribution in [-0.2, 0) is 9.59 Å². The van der Waals surface area contributed by atoms with Gasteiger partial charge >= 0.3 is 0 Å². The fourth-order valence-electron chi connectivity index (χ4n) is 9.08. The lowest BCUT2D eigenvalue weighted by Crippen LogP contribution is -2.75. The van der Waals surface area contributed by atoms with Crippen LogP contribution >= 0.6 is 0 Å². The summed E-state index contributed by atoms with van der Waals surface area (Å²) < 4.78 is 0. The summed E-state index contributed by atoms with van der Waals surface area (Å²) in [5, 5.41) is 3.67. The van der Waals surface area contributed by atoms with Crippen molar-refractivity contribution in [3.8, 4) is 0 Å². The zero-order valence-corrected chi connectivity index (χ0v) is 24.0. The quantitative estimate of drug-likeness (QED) is 0.556. The summed E-state index contributed by atoms with van der Waals surface area (Å²) in [6, 6.07) is 0.414. The number of nitrogens with one attached hydrogen (secondary N) is 1. The van der Waals surface area contributed by atoms with E-state index < -0.39 is 11.1 Å². The highest BCUT2D eigenvalue weighted by Gasteiger charge is 2.57. The van der Waals surface area contributed by atoms with Crippen LogP contribution in [0, 0.1) is 0 Å². The van der Waals surface area contributed by atoms with Crippen molar-refractivity contribution in [1.82, 2.24) is 15.1 Å². The minimum absolute atomic E-state index is 0.0893. The van der Waals surface area contributed by atoms with Crippen LogP contribution in [0.3, 0.4) is 0 Å². The molecule has 0 radical (unpaired) electrons. The monoisotopic (exact) mass is 487 g/mol. The van der Waals surface area contributed by atoms with Gasteiger partial charge in [0.05, 0.1) is 23.2 Å². The van der Waals surface area contributed by atoms with Crippen molar-refractivity contribution in [2.24, 2.45) is 0 Å². The zero-order chi connectivity index (χ0) is 25.8. The Morgan fingerprint density at radius 1 is 0.571 bits per heavy atom. The molecule has 0 aromatic heterocycles. The number of hydrogen-bond acceptors (Lipinski definition) is 5. The largest absolute Gasteiger partial charge is 0.298 e. The molecule has 0 bridgehead atoms. The highest BCUT2D eigenvalue weighted by Crippen LogP contribution is 2.44.